The number of nitrogens with zero attached hydrogens (tertiary/aromatic N) is 2. The van der Waals surface area contributed by atoms with Crippen molar-refractivity contribution in [2.75, 3.05) is 14.1 Å². The fourth-order valence-corrected chi connectivity index (χ4v) is 5.03. The molecule has 1 fully saturated rings. The summed E-state index contributed by atoms with van der Waals surface area (Å²) in [6.45, 7) is 2.29. The number of aliphatic hydroxyl groups excluding tert-OH is 2. The van der Waals surface area contributed by atoms with E-state index in [0.717, 1.165) is 17.2 Å². The zero-order chi connectivity index (χ0) is 22.0. The topological polar surface area (TPSA) is 74.5 Å². The van der Waals surface area contributed by atoms with Crippen molar-refractivity contribution in [3.8, 4) is 0 Å². The van der Waals surface area contributed by atoms with Crippen LogP contribution in [0.15, 0.2) is 59.6 Å². The van der Waals surface area contributed by atoms with Crippen molar-refractivity contribution in [3.63, 3.8) is 0 Å². The van der Waals surface area contributed by atoms with Gasteiger partial charge in [-0.1, -0.05) is 66.4 Å². The number of aliphatic hydroxyl groups is 2. The Kier molecular flexibility index (Phi) is 6.99. The lowest BCUT2D eigenvalue weighted by Crippen LogP contribution is -2.58. The molecular weight excluding hydrogens is 412 g/mol. The van der Waals surface area contributed by atoms with Gasteiger partial charge in [0.25, 0.3) is 0 Å². The van der Waals surface area contributed by atoms with Gasteiger partial charge in [0.1, 0.15) is 29.8 Å². The second-order valence-corrected chi connectivity index (χ2v) is 9.43. The lowest BCUT2D eigenvalue weighted by Gasteiger charge is -2.40. The monoisotopic (exact) mass is 442 g/mol. The van der Waals surface area contributed by atoms with Crippen LogP contribution in [0.2, 0.25) is 0 Å². The first-order valence-electron chi connectivity index (χ1n) is 10.6. The largest absolute Gasteiger partial charge is 0.388 e. The van der Waals surface area contributed by atoms with Crippen molar-refractivity contribution < 1.29 is 19.7 Å². The first kappa shape index (κ1) is 22.3. The highest BCUT2D eigenvalue weighted by Crippen LogP contribution is 2.38. The van der Waals surface area contributed by atoms with E-state index in [1.807, 2.05) is 32.0 Å². The van der Waals surface area contributed by atoms with Crippen LogP contribution in [0.25, 0.3) is 0 Å². The Hall–Kier alpha value is -1.90. The number of fused-ring (bicyclic) bond motifs is 1. The minimum Gasteiger partial charge on any atom is -0.388 e. The molecule has 0 aromatic heterocycles. The van der Waals surface area contributed by atoms with E-state index in [2.05, 4.69) is 53.5 Å². The number of hydrogen-bond donors (Lipinski definition) is 2. The average molecular weight is 443 g/mol. The predicted molar refractivity (Wildman–Crippen MR) is 123 cm³/mol. The number of rotatable bonds is 6. The van der Waals surface area contributed by atoms with Crippen LogP contribution < -0.4 is 0 Å². The Bertz CT molecular complexity index is 890. The van der Waals surface area contributed by atoms with Gasteiger partial charge in [0.05, 0.1) is 12.7 Å². The van der Waals surface area contributed by atoms with Crippen LogP contribution >= 0.6 is 11.8 Å². The van der Waals surface area contributed by atoms with Crippen LogP contribution in [0.1, 0.15) is 23.6 Å². The van der Waals surface area contributed by atoms with Crippen LogP contribution in [0, 0.1) is 0 Å². The zero-order valence-corrected chi connectivity index (χ0v) is 18.9. The molecule has 2 aliphatic rings. The maximum Gasteiger partial charge on any atom is 0.161 e. The summed E-state index contributed by atoms with van der Waals surface area (Å²) in [5, 5.41) is 22.0. The second-order valence-electron chi connectivity index (χ2n) is 8.36. The first-order valence-corrected chi connectivity index (χ1v) is 11.5. The normalized spacial score (nSPS) is 28.7. The third kappa shape index (κ3) is 5.13. The molecule has 0 amide bonds. The van der Waals surface area contributed by atoms with Gasteiger partial charge in [0.2, 0.25) is 0 Å². The van der Waals surface area contributed by atoms with Gasteiger partial charge in [-0.05, 0) is 30.0 Å². The third-order valence-corrected chi connectivity index (χ3v) is 7.02. The molecule has 0 unspecified atom stereocenters. The quantitative estimate of drug-likeness (QED) is 0.717. The van der Waals surface area contributed by atoms with Crippen LogP contribution in [0.3, 0.4) is 0 Å². The molecule has 0 saturated carbocycles. The molecule has 2 N–H and O–H groups in total. The maximum atomic E-state index is 10.6. The number of amidine groups is 1. The van der Waals surface area contributed by atoms with Crippen molar-refractivity contribution in [3.05, 3.63) is 71.3 Å². The van der Waals surface area contributed by atoms with E-state index in [-0.39, 0.29) is 11.5 Å². The molecule has 6 atom stereocenters. The summed E-state index contributed by atoms with van der Waals surface area (Å²) in [5.74, 6) is 0. The van der Waals surface area contributed by atoms with Crippen molar-refractivity contribution in [2.45, 2.75) is 55.8 Å². The lowest BCUT2D eigenvalue weighted by molar-refractivity contribution is -0.193. The Balaban J connectivity index is 1.32. The Labute approximate surface area is 187 Å². The zero-order valence-electron chi connectivity index (χ0n) is 18.1. The summed E-state index contributed by atoms with van der Waals surface area (Å²) < 4.78 is 12.1. The SMILES string of the molecule is C[C@H](OCc1ccc(Cc2ccccc2)cc1)[C@H]1O[C@@H]2SC(N(C)C)=N[C@@H]2[C@@H](O)[C@@H]1O. The number of thioether (sulfide) groups is 1. The minimum absolute atomic E-state index is 0.316. The van der Waals surface area contributed by atoms with Gasteiger partial charge < -0.3 is 24.6 Å². The molecule has 6 nitrogen and oxygen atoms in total. The Morgan fingerprint density at radius 3 is 2.32 bits per heavy atom. The van der Waals surface area contributed by atoms with E-state index in [1.165, 1.54) is 22.9 Å². The van der Waals surface area contributed by atoms with E-state index < -0.39 is 24.4 Å². The predicted octanol–water partition coefficient (Wildman–Crippen LogP) is 2.66. The number of aliphatic imine (C=N–C) groups is 1. The van der Waals surface area contributed by atoms with Gasteiger partial charge in [0, 0.05) is 14.1 Å². The number of benzene rings is 2. The van der Waals surface area contributed by atoms with Crippen molar-refractivity contribution in [1.82, 2.24) is 4.90 Å². The van der Waals surface area contributed by atoms with Gasteiger partial charge in [0.15, 0.2) is 5.17 Å². The standard InChI is InChI=1S/C24H30N2O4S/c1-15(22-21(28)20(27)19-23(30-22)31-24(25-19)26(2)3)29-14-18-11-9-17(10-12-18)13-16-7-5-4-6-8-16/h4-12,15,19-23,27-28H,13-14H2,1-3H3/t15-,19+,20+,21-,22+,23+/m0/s1. The molecular formula is C24H30N2O4S. The highest BCUT2D eigenvalue weighted by molar-refractivity contribution is 8.14. The summed E-state index contributed by atoms with van der Waals surface area (Å²) >= 11 is 1.47. The lowest BCUT2D eigenvalue weighted by atomic mass is 9.95. The maximum absolute atomic E-state index is 10.6. The minimum atomic E-state index is -1.05. The van der Waals surface area contributed by atoms with E-state index in [4.69, 9.17) is 9.47 Å². The van der Waals surface area contributed by atoms with E-state index in [1.54, 1.807) is 0 Å². The van der Waals surface area contributed by atoms with Crippen LogP contribution in [0.5, 0.6) is 0 Å². The Morgan fingerprint density at radius 2 is 1.65 bits per heavy atom. The summed E-state index contributed by atoms with van der Waals surface area (Å²) in [6.07, 6.45) is -2.11. The molecule has 0 radical (unpaired) electrons. The molecule has 1 saturated heterocycles. The van der Waals surface area contributed by atoms with Gasteiger partial charge in [-0.2, -0.15) is 0 Å². The van der Waals surface area contributed by atoms with Gasteiger partial charge in [-0.15, -0.1) is 0 Å². The van der Waals surface area contributed by atoms with Crippen molar-refractivity contribution >= 4 is 16.9 Å². The van der Waals surface area contributed by atoms with Gasteiger partial charge in [-0.25, -0.2) is 0 Å². The van der Waals surface area contributed by atoms with E-state index >= 15 is 0 Å². The van der Waals surface area contributed by atoms with Crippen LogP contribution in [0.4, 0.5) is 0 Å². The van der Waals surface area contributed by atoms with E-state index in [0.29, 0.717) is 6.61 Å². The molecule has 7 heteroatoms. The van der Waals surface area contributed by atoms with E-state index in [9.17, 15) is 10.2 Å². The molecule has 4 rings (SSSR count). The van der Waals surface area contributed by atoms with Crippen LogP contribution in [-0.4, -0.2) is 70.3 Å². The summed E-state index contributed by atoms with van der Waals surface area (Å²) in [5.41, 5.74) is 3.27. The average Bonchev–Trinajstić information content (AvgIpc) is 3.21. The summed E-state index contributed by atoms with van der Waals surface area (Å²) in [7, 11) is 3.81. The molecule has 166 valence electrons. The molecule has 2 aromatic rings. The van der Waals surface area contributed by atoms with Gasteiger partial charge in [-0.3, -0.25) is 4.99 Å². The molecule has 2 heterocycles. The highest BCUT2D eigenvalue weighted by Gasteiger charge is 2.50. The summed E-state index contributed by atoms with van der Waals surface area (Å²) in [6, 6.07) is 18.3. The highest BCUT2D eigenvalue weighted by atomic mass is 32.2. The smallest absolute Gasteiger partial charge is 0.161 e. The fourth-order valence-electron chi connectivity index (χ4n) is 3.89. The molecule has 2 aromatic carbocycles. The fraction of sp³-hybridized carbons (Fsp3) is 0.458. The van der Waals surface area contributed by atoms with Gasteiger partial charge >= 0.3 is 0 Å². The number of ether oxygens (including phenoxy) is 2. The molecule has 0 aliphatic carbocycles. The van der Waals surface area contributed by atoms with Crippen molar-refractivity contribution in [2.24, 2.45) is 4.99 Å². The second kappa shape index (κ2) is 9.71. The summed E-state index contributed by atoms with van der Waals surface area (Å²) in [4.78, 5) is 6.39. The third-order valence-electron chi connectivity index (χ3n) is 5.72. The molecule has 0 spiro atoms. The molecule has 31 heavy (non-hydrogen) atoms. The van der Waals surface area contributed by atoms with Crippen LogP contribution in [-0.2, 0) is 22.5 Å². The molecule has 0 bridgehead atoms. The number of hydrogen-bond acceptors (Lipinski definition) is 7. The van der Waals surface area contributed by atoms with Crippen molar-refractivity contribution in [1.29, 1.82) is 0 Å². The Morgan fingerprint density at radius 1 is 1.00 bits per heavy atom. The molecule has 2 aliphatic heterocycles. The first-order chi connectivity index (χ1) is 14.9.